The molecular weight excluding hydrogens is 645 g/mol. The Morgan fingerprint density at radius 2 is 1.70 bits per heavy atom. The summed E-state index contributed by atoms with van der Waals surface area (Å²) in [6, 6.07) is 10.3. The molecule has 1 aromatic carbocycles. The van der Waals surface area contributed by atoms with Crippen LogP contribution in [-0.2, 0) is 14.0 Å². The number of benzene rings is 1. The fourth-order valence-electron chi connectivity index (χ4n) is 5.92. The summed E-state index contributed by atoms with van der Waals surface area (Å²) < 4.78 is 20.5. The van der Waals surface area contributed by atoms with Crippen LogP contribution in [0.5, 0.6) is 5.88 Å². The first-order chi connectivity index (χ1) is 21.9. The molecule has 11 nitrogen and oxygen atoms in total. The van der Waals surface area contributed by atoms with Crippen molar-refractivity contribution in [1.29, 1.82) is 5.26 Å². The molecule has 0 spiro atoms. The fourth-order valence-corrected chi connectivity index (χ4v) is 11.8. The molecule has 0 aliphatic carbocycles. The Morgan fingerprint density at radius 3 is 2.33 bits per heavy atom. The number of ether oxygens (including phenoxy) is 2. The molecular formula is C32H39Cl2N7O4Si. The van der Waals surface area contributed by atoms with E-state index in [0.29, 0.717) is 61.4 Å². The fraction of sp³-hybridized carbons (Fsp3) is 0.438. The van der Waals surface area contributed by atoms with Gasteiger partial charge in [-0.25, -0.2) is 19.6 Å². The lowest BCUT2D eigenvalue weighted by atomic mass is 10.2. The van der Waals surface area contributed by atoms with E-state index in [1.165, 1.54) is 23.4 Å². The molecule has 244 valence electrons. The molecule has 0 fully saturated rings. The smallest absolute Gasteiger partial charge is 0.269 e. The molecule has 4 aromatic rings. The van der Waals surface area contributed by atoms with Crippen molar-refractivity contribution in [3.63, 3.8) is 0 Å². The van der Waals surface area contributed by atoms with Gasteiger partial charge in [-0.05, 0) is 47.8 Å². The average Bonchev–Trinajstić information content (AvgIpc) is 3.44. The highest BCUT2D eigenvalue weighted by Gasteiger charge is 2.45. The van der Waals surface area contributed by atoms with Gasteiger partial charge >= 0.3 is 0 Å². The largest absolute Gasteiger partial charge is 0.461 e. The lowest BCUT2D eigenvalue weighted by Crippen LogP contribution is -2.49. The highest BCUT2D eigenvalue weighted by atomic mass is 35.5. The molecule has 1 N–H and O–H groups in total. The zero-order valence-corrected chi connectivity index (χ0v) is 29.5. The maximum absolute atomic E-state index is 13.6. The molecule has 0 saturated heterocycles. The van der Waals surface area contributed by atoms with Gasteiger partial charge in [0.05, 0.1) is 41.1 Å². The van der Waals surface area contributed by atoms with E-state index in [1.54, 1.807) is 30.3 Å². The maximum Gasteiger partial charge on any atom is 0.269 e. The number of para-hydroxylation sites is 1. The number of rotatable bonds is 14. The summed E-state index contributed by atoms with van der Waals surface area (Å²) in [5.74, 6) is -0.107. The molecule has 0 bridgehead atoms. The van der Waals surface area contributed by atoms with E-state index in [2.05, 4.69) is 73.0 Å². The van der Waals surface area contributed by atoms with Crippen LogP contribution in [0.4, 0.5) is 5.82 Å². The lowest BCUT2D eigenvalue weighted by Gasteiger charge is -2.42. The maximum atomic E-state index is 13.6. The topological polar surface area (TPSA) is 137 Å². The van der Waals surface area contributed by atoms with Crippen LogP contribution in [0.25, 0.3) is 16.7 Å². The Morgan fingerprint density at radius 1 is 0.978 bits per heavy atom. The van der Waals surface area contributed by atoms with E-state index < -0.39 is 20.3 Å². The quantitative estimate of drug-likeness (QED) is 0.135. The summed E-state index contributed by atoms with van der Waals surface area (Å²) in [5, 5.41) is 18.0. The number of pyridine rings is 1. The molecule has 4 rings (SSSR count). The number of anilines is 1. The average molecular weight is 685 g/mol. The molecule has 3 heterocycles. The second-order valence-electron chi connectivity index (χ2n) is 12.0. The van der Waals surface area contributed by atoms with Crippen molar-refractivity contribution in [3.8, 4) is 17.6 Å². The van der Waals surface area contributed by atoms with Crippen LogP contribution in [0.1, 0.15) is 54.0 Å². The van der Waals surface area contributed by atoms with Crippen molar-refractivity contribution in [3.05, 3.63) is 64.7 Å². The van der Waals surface area contributed by atoms with Gasteiger partial charge in [-0.3, -0.25) is 4.79 Å². The standard InChI is InChI=1S/C32H39Cl2N7O4Si/c1-19(2)46(20(3)4,21(5)6)44-16-22(7)43-17-27(31(42)40-28-12-11-24(33)14-36-28)45-32-25-15-39-41(30(25)37-18-38-32)29-23(13-35)9-8-10-26(29)34/h8-12,14-15,18-22,27H,16-17H2,1-7H3,(H,36,40,42)/t22?,27-/m0/s1. The molecule has 0 aliphatic rings. The third-order valence-corrected chi connectivity index (χ3v) is 14.6. The minimum absolute atomic E-state index is 0.101. The van der Waals surface area contributed by atoms with E-state index in [4.69, 9.17) is 37.1 Å². The normalized spacial score (nSPS) is 13.3. The summed E-state index contributed by atoms with van der Waals surface area (Å²) in [6.45, 7) is 15.6. The number of carbonyl (C=O) groups excluding carboxylic acids is 1. The number of nitriles is 1. The van der Waals surface area contributed by atoms with Gasteiger partial charge < -0.3 is 19.2 Å². The first kappa shape index (κ1) is 35.3. The van der Waals surface area contributed by atoms with E-state index >= 15 is 0 Å². The third kappa shape index (κ3) is 7.67. The van der Waals surface area contributed by atoms with Gasteiger partial charge in [0.1, 0.15) is 29.3 Å². The van der Waals surface area contributed by atoms with Crippen LogP contribution in [0.15, 0.2) is 49.1 Å². The number of halogens is 2. The van der Waals surface area contributed by atoms with E-state index in [0.717, 1.165) is 0 Å². The highest BCUT2D eigenvalue weighted by Crippen LogP contribution is 2.42. The molecule has 46 heavy (non-hydrogen) atoms. The van der Waals surface area contributed by atoms with Crippen molar-refractivity contribution in [2.45, 2.75) is 77.3 Å². The minimum atomic E-state index is -2.12. The predicted octanol–water partition coefficient (Wildman–Crippen LogP) is 7.37. The number of amides is 1. The van der Waals surface area contributed by atoms with Gasteiger partial charge in [0.15, 0.2) is 14.0 Å². The number of fused-ring (bicyclic) bond motifs is 1. The third-order valence-electron chi connectivity index (χ3n) is 7.98. The van der Waals surface area contributed by atoms with Gasteiger partial charge in [-0.15, -0.1) is 0 Å². The Kier molecular flexibility index (Phi) is 11.7. The first-order valence-corrected chi connectivity index (χ1v) is 18.0. The summed E-state index contributed by atoms with van der Waals surface area (Å²) in [6.07, 6.45) is 2.76. The number of hydrogen-bond acceptors (Lipinski definition) is 9. The van der Waals surface area contributed by atoms with Crippen molar-refractivity contribution >= 4 is 54.3 Å². The summed E-state index contributed by atoms with van der Waals surface area (Å²) in [5.41, 5.74) is 2.29. The van der Waals surface area contributed by atoms with Gasteiger partial charge in [-0.2, -0.15) is 10.4 Å². The molecule has 0 aliphatic heterocycles. The number of hydrogen-bond donors (Lipinski definition) is 1. The number of carbonyl (C=O) groups is 1. The number of aromatic nitrogens is 5. The Hall–Kier alpha value is -3.60. The first-order valence-electron chi connectivity index (χ1n) is 15.1. The van der Waals surface area contributed by atoms with Crippen LogP contribution < -0.4 is 10.1 Å². The van der Waals surface area contributed by atoms with Gasteiger partial charge in [0.2, 0.25) is 12.0 Å². The van der Waals surface area contributed by atoms with Crippen molar-refractivity contribution in [2.75, 3.05) is 18.5 Å². The Labute approximate surface area is 280 Å². The molecule has 1 amide bonds. The van der Waals surface area contributed by atoms with E-state index in [1.807, 2.05) is 6.92 Å². The molecule has 0 radical (unpaired) electrons. The molecule has 1 unspecified atom stereocenters. The van der Waals surface area contributed by atoms with Crippen LogP contribution >= 0.6 is 23.2 Å². The predicted molar refractivity (Wildman–Crippen MR) is 181 cm³/mol. The van der Waals surface area contributed by atoms with Crippen molar-refractivity contribution in [1.82, 2.24) is 24.7 Å². The Bertz CT molecular complexity index is 1670. The van der Waals surface area contributed by atoms with E-state index in [9.17, 15) is 10.1 Å². The highest BCUT2D eigenvalue weighted by molar-refractivity contribution is 6.77. The van der Waals surface area contributed by atoms with E-state index in [-0.39, 0.29) is 18.6 Å². The number of nitrogens with one attached hydrogen (secondary N) is 1. The molecule has 3 aromatic heterocycles. The van der Waals surface area contributed by atoms with Gasteiger partial charge in [0.25, 0.3) is 5.91 Å². The molecule has 14 heteroatoms. The van der Waals surface area contributed by atoms with Gasteiger partial charge in [-0.1, -0.05) is 70.8 Å². The van der Waals surface area contributed by atoms with Crippen LogP contribution in [-0.4, -0.2) is 64.4 Å². The zero-order valence-electron chi connectivity index (χ0n) is 27.0. The Balaban J connectivity index is 1.60. The van der Waals surface area contributed by atoms with Crippen molar-refractivity contribution in [2.24, 2.45) is 0 Å². The lowest BCUT2D eigenvalue weighted by molar-refractivity contribution is -0.127. The summed E-state index contributed by atoms with van der Waals surface area (Å²) in [4.78, 5) is 26.4. The van der Waals surface area contributed by atoms with Crippen molar-refractivity contribution < 1.29 is 18.7 Å². The second kappa shape index (κ2) is 15.3. The minimum Gasteiger partial charge on any atom is -0.461 e. The SMILES string of the molecule is CC(CO[Si](C(C)C)(C(C)C)C(C)C)OC[C@H](Oc1ncnc2c1cnn2-c1c(Cl)cccc1C#N)C(=O)Nc1ccc(Cl)cn1. The molecule has 2 atom stereocenters. The van der Waals surface area contributed by atoms with Gasteiger partial charge in [0, 0.05) is 6.20 Å². The second-order valence-corrected chi connectivity index (χ2v) is 18.3. The summed E-state index contributed by atoms with van der Waals surface area (Å²) in [7, 11) is -2.12. The molecule has 0 saturated carbocycles. The number of nitrogens with zero attached hydrogens (tertiary/aromatic N) is 6. The van der Waals surface area contributed by atoms with Crippen LogP contribution in [0.2, 0.25) is 26.7 Å². The summed E-state index contributed by atoms with van der Waals surface area (Å²) >= 11 is 12.4. The van der Waals surface area contributed by atoms with Crippen LogP contribution in [0, 0.1) is 11.3 Å². The zero-order chi connectivity index (χ0) is 33.6. The monoisotopic (exact) mass is 683 g/mol. The van der Waals surface area contributed by atoms with Crippen LogP contribution in [0.3, 0.4) is 0 Å².